The summed E-state index contributed by atoms with van der Waals surface area (Å²) in [7, 11) is 0. The SMILES string of the molecule is Cc1cc(N2CC[C@](C)(c3ccccc3)C2)cn2nc(C(=O)NCCC(C)(C)O)nc12. The molecule has 3 heterocycles. The molecule has 0 radical (unpaired) electrons. The maximum Gasteiger partial charge on any atom is 0.290 e. The molecule has 1 aromatic carbocycles. The number of aromatic nitrogens is 3. The monoisotopic (exact) mass is 421 g/mol. The number of aliphatic hydroxyl groups is 1. The van der Waals surface area contributed by atoms with Crippen LogP contribution >= 0.6 is 0 Å². The number of benzene rings is 1. The van der Waals surface area contributed by atoms with Gasteiger partial charge in [0.1, 0.15) is 0 Å². The average molecular weight is 422 g/mol. The minimum atomic E-state index is -0.824. The van der Waals surface area contributed by atoms with E-state index in [2.05, 4.69) is 63.6 Å². The number of aryl methyl sites for hydroxylation is 1. The highest BCUT2D eigenvalue weighted by Crippen LogP contribution is 2.36. The number of nitrogens with zero attached hydrogens (tertiary/aromatic N) is 4. The van der Waals surface area contributed by atoms with Gasteiger partial charge in [-0.1, -0.05) is 37.3 Å². The molecule has 0 unspecified atom stereocenters. The lowest BCUT2D eigenvalue weighted by Gasteiger charge is -2.26. The number of pyridine rings is 1. The fourth-order valence-corrected chi connectivity index (χ4v) is 4.22. The molecule has 1 amide bonds. The topological polar surface area (TPSA) is 82.8 Å². The van der Waals surface area contributed by atoms with E-state index in [0.29, 0.717) is 18.6 Å². The van der Waals surface area contributed by atoms with Crippen molar-refractivity contribution in [3.05, 3.63) is 59.5 Å². The fourth-order valence-electron chi connectivity index (χ4n) is 4.22. The first kappa shape index (κ1) is 21.3. The summed E-state index contributed by atoms with van der Waals surface area (Å²) in [6, 6.07) is 12.8. The second-order valence-corrected chi connectivity index (χ2v) is 9.50. The van der Waals surface area contributed by atoms with Crippen molar-refractivity contribution in [2.24, 2.45) is 0 Å². The Morgan fingerprint density at radius 1 is 1.29 bits per heavy atom. The maximum atomic E-state index is 12.5. The van der Waals surface area contributed by atoms with E-state index in [1.807, 2.05) is 13.1 Å². The van der Waals surface area contributed by atoms with Crippen LogP contribution in [-0.2, 0) is 5.41 Å². The smallest absolute Gasteiger partial charge is 0.290 e. The third-order valence-corrected chi connectivity index (χ3v) is 6.14. The van der Waals surface area contributed by atoms with E-state index in [9.17, 15) is 9.90 Å². The molecular weight excluding hydrogens is 390 g/mol. The molecule has 2 aromatic heterocycles. The van der Waals surface area contributed by atoms with Gasteiger partial charge in [0.05, 0.1) is 17.5 Å². The Labute approximate surface area is 183 Å². The summed E-state index contributed by atoms with van der Waals surface area (Å²) >= 11 is 0. The van der Waals surface area contributed by atoms with Crippen molar-refractivity contribution in [2.45, 2.75) is 51.6 Å². The molecule has 7 heteroatoms. The molecule has 2 N–H and O–H groups in total. The largest absolute Gasteiger partial charge is 0.390 e. The molecule has 31 heavy (non-hydrogen) atoms. The molecule has 3 aromatic rings. The number of nitrogens with one attached hydrogen (secondary N) is 1. The molecule has 0 saturated carbocycles. The Balaban J connectivity index is 1.52. The van der Waals surface area contributed by atoms with E-state index >= 15 is 0 Å². The van der Waals surface area contributed by atoms with Gasteiger partial charge in [0.15, 0.2) is 5.65 Å². The highest BCUT2D eigenvalue weighted by Gasteiger charge is 2.35. The molecule has 164 valence electrons. The van der Waals surface area contributed by atoms with E-state index in [1.165, 1.54) is 5.56 Å². The van der Waals surface area contributed by atoms with Crippen molar-refractivity contribution in [1.82, 2.24) is 19.9 Å². The van der Waals surface area contributed by atoms with Gasteiger partial charge in [-0.15, -0.1) is 5.10 Å². The lowest BCUT2D eigenvalue weighted by molar-refractivity contribution is 0.0691. The van der Waals surface area contributed by atoms with Gasteiger partial charge in [-0.3, -0.25) is 4.79 Å². The molecule has 7 nitrogen and oxygen atoms in total. The summed E-state index contributed by atoms with van der Waals surface area (Å²) in [5, 5.41) is 17.0. The van der Waals surface area contributed by atoms with Crippen molar-refractivity contribution in [3.63, 3.8) is 0 Å². The minimum Gasteiger partial charge on any atom is -0.390 e. The van der Waals surface area contributed by atoms with Gasteiger partial charge in [-0.05, 0) is 50.8 Å². The summed E-state index contributed by atoms with van der Waals surface area (Å²) in [4.78, 5) is 19.3. The third kappa shape index (κ3) is 4.56. The summed E-state index contributed by atoms with van der Waals surface area (Å²) in [5.74, 6) is -0.182. The number of fused-ring (bicyclic) bond motifs is 1. The number of carbonyl (C=O) groups excluding carboxylic acids is 1. The highest BCUT2D eigenvalue weighted by atomic mass is 16.3. The summed E-state index contributed by atoms with van der Waals surface area (Å²) in [6.07, 6.45) is 3.50. The lowest BCUT2D eigenvalue weighted by Crippen LogP contribution is -2.31. The molecule has 0 bridgehead atoms. The third-order valence-electron chi connectivity index (χ3n) is 6.14. The predicted octanol–water partition coefficient (Wildman–Crippen LogP) is 3.10. The van der Waals surface area contributed by atoms with Crippen molar-refractivity contribution in [2.75, 3.05) is 24.5 Å². The Morgan fingerprint density at radius 2 is 2.03 bits per heavy atom. The zero-order chi connectivity index (χ0) is 22.2. The van der Waals surface area contributed by atoms with E-state index in [-0.39, 0.29) is 17.1 Å². The van der Waals surface area contributed by atoms with Crippen LogP contribution in [0.15, 0.2) is 42.6 Å². The number of amides is 1. The molecule has 1 aliphatic rings. The van der Waals surface area contributed by atoms with Gasteiger partial charge < -0.3 is 15.3 Å². The van der Waals surface area contributed by atoms with Crippen LogP contribution in [0.2, 0.25) is 0 Å². The van der Waals surface area contributed by atoms with Gasteiger partial charge in [0.2, 0.25) is 5.82 Å². The molecule has 1 aliphatic heterocycles. The summed E-state index contributed by atoms with van der Waals surface area (Å²) in [5.41, 5.74) is 3.40. The van der Waals surface area contributed by atoms with Gasteiger partial charge in [0.25, 0.3) is 5.91 Å². The summed E-state index contributed by atoms with van der Waals surface area (Å²) < 4.78 is 1.70. The van der Waals surface area contributed by atoms with Crippen LogP contribution in [0.1, 0.15) is 55.4 Å². The van der Waals surface area contributed by atoms with Crippen LogP contribution in [0.3, 0.4) is 0 Å². The van der Waals surface area contributed by atoms with Gasteiger partial charge >= 0.3 is 0 Å². The van der Waals surface area contributed by atoms with Crippen molar-refractivity contribution in [1.29, 1.82) is 0 Å². The lowest BCUT2D eigenvalue weighted by atomic mass is 9.82. The Bertz CT molecular complexity index is 1090. The van der Waals surface area contributed by atoms with Crippen LogP contribution in [0.25, 0.3) is 5.65 Å². The molecule has 1 fully saturated rings. The van der Waals surface area contributed by atoms with Gasteiger partial charge in [-0.2, -0.15) is 0 Å². The Morgan fingerprint density at radius 3 is 2.74 bits per heavy atom. The molecular formula is C24H31N5O2. The van der Waals surface area contributed by atoms with Crippen LogP contribution in [0, 0.1) is 6.92 Å². The van der Waals surface area contributed by atoms with Crippen LogP contribution in [0.4, 0.5) is 5.69 Å². The second-order valence-electron chi connectivity index (χ2n) is 9.50. The standard InChI is InChI=1S/C24H31N5O2/c1-17-14-19(28-13-11-24(4,16-28)18-8-6-5-7-9-18)15-29-21(17)26-20(27-29)22(30)25-12-10-23(2,3)31/h5-9,14-15,31H,10-13,16H2,1-4H3,(H,25,30)/t24-/m0/s1. The molecule has 1 atom stereocenters. The van der Waals surface area contributed by atoms with E-state index in [0.717, 1.165) is 30.8 Å². The molecule has 0 aliphatic carbocycles. The first-order chi connectivity index (χ1) is 14.6. The van der Waals surface area contributed by atoms with Crippen LogP contribution in [0.5, 0.6) is 0 Å². The van der Waals surface area contributed by atoms with Crippen LogP contribution in [-0.4, -0.2) is 50.8 Å². The van der Waals surface area contributed by atoms with Gasteiger partial charge in [0, 0.05) is 25.0 Å². The van der Waals surface area contributed by atoms with Crippen molar-refractivity contribution in [3.8, 4) is 0 Å². The zero-order valence-corrected chi connectivity index (χ0v) is 18.7. The van der Waals surface area contributed by atoms with Crippen LogP contribution < -0.4 is 10.2 Å². The number of hydrogen-bond donors (Lipinski definition) is 2. The highest BCUT2D eigenvalue weighted by molar-refractivity contribution is 5.91. The van der Waals surface area contributed by atoms with Crippen molar-refractivity contribution >= 4 is 17.2 Å². The minimum absolute atomic E-state index is 0.109. The van der Waals surface area contributed by atoms with E-state index < -0.39 is 5.60 Å². The number of carbonyl (C=O) groups is 1. The quantitative estimate of drug-likeness (QED) is 0.639. The van der Waals surface area contributed by atoms with E-state index in [1.54, 1.807) is 18.4 Å². The molecule has 0 spiro atoms. The predicted molar refractivity (Wildman–Crippen MR) is 122 cm³/mol. The Hall–Kier alpha value is -2.93. The first-order valence-corrected chi connectivity index (χ1v) is 10.8. The number of anilines is 1. The fraction of sp³-hybridized carbons (Fsp3) is 0.458. The average Bonchev–Trinajstić information content (AvgIpc) is 3.33. The first-order valence-electron chi connectivity index (χ1n) is 10.8. The molecule has 4 rings (SSSR count). The maximum absolute atomic E-state index is 12.5. The Kier molecular flexibility index (Phi) is 5.47. The second kappa shape index (κ2) is 7.96. The molecule has 1 saturated heterocycles. The number of hydrogen-bond acceptors (Lipinski definition) is 5. The van der Waals surface area contributed by atoms with Gasteiger partial charge in [-0.25, -0.2) is 9.50 Å². The number of rotatable bonds is 6. The normalized spacial score (nSPS) is 19.2. The van der Waals surface area contributed by atoms with E-state index in [4.69, 9.17) is 0 Å². The zero-order valence-electron chi connectivity index (χ0n) is 18.7. The van der Waals surface area contributed by atoms with Crippen molar-refractivity contribution < 1.29 is 9.90 Å². The summed E-state index contributed by atoms with van der Waals surface area (Å²) in [6.45, 7) is 10.0.